The van der Waals surface area contributed by atoms with Gasteiger partial charge in [-0.3, -0.25) is 9.63 Å². The Morgan fingerprint density at radius 2 is 1.62 bits per heavy atom. The highest BCUT2D eigenvalue weighted by molar-refractivity contribution is 5.95. The highest BCUT2D eigenvalue weighted by atomic mass is 16.6. The van der Waals surface area contributed by atoms with Crippen LogP contribution in [0.5, 0.6) is 0 Å². The quantitative estimate of drug-likeness (QED) is 0.866. The molecule has 2 rings (SSSR count). The predicted molar refractivity (Wildman–Crippen MR) is 83.8 cm³/mol. The van der Waals surface area contributed by atoms with Crippen LogP contribution in [-0.2, 0) is 16.9 Å². The van der Waals surface area contributed by atoms with Crippen LogP contribution in [-0.4, -0.2) is 5.91 Å². The van der Waals surface area contributed by atoms with Crippen molar-refractivity contribution in [3.05, 3.63) is 71.3 Å². The van der Waals surface area contributed by atoms with Crippen molar-refractivity contribution in [3.63, 3.8) is 0 Å². The normalized spacial score (nSPS) is 11.2. The van der Waals surface area contributed by atoms with E-state index in [0.717, 1.165) is 11.1 Å². The number of hydrogen-bond donors (Lipinski definition) is 1. The lowest BCUT2D eigenvalue weighted by molar-refractivity contribution is 0.0232. The number of benzene rings is 2. The van der Waals surface area contributed by atoms with Gasteiger partial charge in [-0.1, -0.05) is 69.3 Å². The molecule has 3 nitrogen and oxygen atoms in total. The molecular weight excluding hydrogens is 262 g/mol. The molecule has 21 heavy (non-hydrogen) atoms. The molecule has 2 aromatic rings. The molecule has 0 saturated carbocycles. The SMILES string of the molecule is CC(C)(C)c1ccccc1C(=O)NOCc1ccccc1. The average Bonchev–Trinajstić information content (AvgIpc) is 2.47. The Hall–Kier alpha value is -2.13. The molecule has 0 aliphatic rings. The Labute approximate surface area is 125 Å². The Bertz CT molecular complexity index is 600. The fourth-order valence-corrected chi connectivity index (χ4v) is 2.15. The molecule has 0 bridgehead atoms. The van der Waals surface area contributed by atoms with Gasteiger partial charge in [0.1, 0.15) is 0 Å². The van der Waals surface area contributed by atoms with Gasteiger partial charge in [0.05, 0.1) is 6.61 Å². The van der Waals surface area contributed by atoms with E-state index >= 15 is 0 Å². The zero-order valence-electron chi connectivity index (χ0n) is 12.7. The molecule has 0 atom stereocenters. The monoisotopic (exact) mass is 283 g/mol. The van der Waals surface area contributed by atoms with Crippen molar-refractivity contribution < 1.29 is 9.63 Å². The molecule has 0 heterocycles. The van der Waals surface area contributed by atoms with Crippen molar-refractivity contribution in [2.24, 2.45) is 0 Å². The van der Waals surface area contributed by atoms with Gasteiger partial charge in [-0.25, -0.2) is 5.48 Å². The lowest BCUT2D eigenvalue weighted by Crippen LogP contribution is -2.27. The van der Waals surface area contributed by atoms with E-state index in [1.54, 1.807) is 0 Å². The lowest BCUT2D eigenvalue weighted by Gasteiger charge is -2.22. The molecule has 0 fully saturated rings. The van der Waals surface area contributed by atoms with Gasteiger partial charge in [0, 0.05) is 5.56 Å². The van der Waals surface area contributed by atoms with E-state index in [2.05, 4.69) is 26.3 Å². The molecule has 0 aromatic heterocycles. The molecule has 0 saturated heterocycles. The highest BCUT2D eigenvalue weighted by Gasteiger charge is 2.21. The van der Waals surface area contributed by atoms with Gasteiger partial charge in [0.15, 0.2) is 0 Å². The van der Waals surface area contributed by atoms with Crippen molar-refractivity contribution in [2.45, 2.75) is 32.8 Å². The van der Waals surface area contributed by atoms with Gasteiger partial charge >= 0.3 is 0 Å². The minimum Gasteiger partial charge on any atom is -0.269 e. The summed E-state index contributed by atoms with van der Waals surface area (Å²) in [5.41, 5.74) is 5.10. The van der Waals surface area contributed by atoms with Crippen molar-refractivity contribution >= 4 is 5.91 Å². The maximum absolute atomic E-state index is 12.3. The van der Waals surface area contributed by atoms with Crippen molar-refractivity contribution in [1.29, 1.82) is 0 Å². The summed E-state index contributed by atoms with van der Waals surface area (Å²) in [5, 5.41) is 0. The van der Waals surface area contributed by atoms with E-state index in [0.29, 0.717) is 12.2 Å². The minimum absolute atomic E-state index is 0.0899. The van der Waals surface area contributed by atoms with Crippen LogP contribution in [0.1, 0.15) is 42.3 Å². The predicted octanol–water partition coefficient (Wildman–Crippen LogP) is 3.85. The third kappa shape index (κ3) is 4.17. The Morgan fingerprint density at radius 3 is 2.29 bits per heavy atom. The Balaban J connectivity index is 2.01. The van der Waals surface area contributed by atoms with Gasteiger partial charge in [0.2, 0.25) is 0 Å². The van der Waals surface area contributed by atoms with Gasteiger partial charge in [-0.15, -0.1) is 0 Å². The van der Waals surface area contributed by atoms with E-state index in [4.69, 9.17) is 4.84 Å². The molecule has 0 aliphatic heterocycles. The van der Waals surface area contributed by atoms with Gasteiger partial charge in [-0.05, 0) is 22.6 Å². The smallest absolute Gasteiger partial charge is 0.269 e. The van der Waals surface area contributed by atoms with Crippen molar-refractivity contribution in [1.82, 2.24) is 5.48 Å². The number of hydroxylamine groups is 1. The molecule has 0 aliphatic carbocycles. The maximum Gasteiger partial charge on any atom is 0.275 e. The number of hydrogen-bond acceptors (Lipinski definition) is 2. The molecule has 110 valence electrons. The van der Waals surface area contributed by atoms with E-state index in [1.165, 1.54) is 0 Å². The standard InChI is InChI=1S/C18H21NO2/c1-18(2,3)16-12-8-7-11-15(16)17(20)19-21-13-14-9-5-4-6-10-14/h4-12H,13H2,1-3H3,(H,19,20). The largest absolute Gasteiger partial charge is 0.275 e. The topological polar surface area (TPSA) is 38.3 Å². The maximum atomic E-state index is 12.3. The number of carbonyl (C=O) groups excluding carboxylic acids is 1. The van der Waals surface area contributed by atoms with E-state index in [9.17, 15) is 4.79 Å². The zero-order chi connectivity index (χ0) is 15.3. The van der Waals surface area contributed by atoms with Gasteiger partial charge in [0.25, 0.3) is 5.91 Å². The van der Waals surface area contributed by atoms with Crippen LogP contribution in [0.2, 0.25) is 0 Å². The number of amides is 1. The van der Waals surface area contributed by atoms with Crippen LogP contribution in [0.25, 0.3) is 0 Å². The van der Waals surface area contributed by atoms with Crippen molar-refractivity contribution in [3.8, 4) is 0 Å². The van der Waals surface area contributed by atoms with Crippen molar-refractivity contribution in [2.75, 3.05) is 0 Å². The van der Waals surface area contributed by atoms with E-state index < -0.39 is 0 Å². The summed E-state index contributed by atoms with van der Waals surface area (Å²) in [6, 6.07) is 17.3. The molecule has 2 aromatic carbocycles. The van der Waals surface area contributed by atoms with E-state index in [1.807, 2.05) is 54.6 Å². The van der Waals surface area contributed by atoms with E-state index in [-0.39, 0.29) is 11.3 Å². The summed E-state index contributed by atoms with van der Waals surface area (Å²) >= 11 is 0. The summed E-state index contributed by atoms with van der Waals surface area (Å²) in [6.07, 6.45) is 0. The second kappa shape index (κ2) is 6.55. The highest BCUT2D eigenvalue weighted by Crippen LogP contribution is 2.25. The summed E-state index contributed by atoms with van der Waals surface area (Å²) in [7, 11) is 0. The minimum atomic E-state index is -0.212. The fourth-order valence-electron chi connectivity index (χ4n) is 2.15. The molecule has 0 spiro atoms. The lowest BCUT2D eigenvalue weighted by atomic mass is 9.83. The Morgan fingerprint density at radius 1 is 1.00 bits per heavy atom. The number of nitrogens with one attached hydrogen (secondary N) is 1. The first kappa shape index (κ1) is 15.3. The molecule has 0 unspecified atom stereocenters. The third-order valence-electron chi connectivity index (χ3n) is 3.23. The van der Waals surface area contributed by atoms with Crippen LogP contribution >= 0.6 is 0 Å². The summed E-state index contributed by atoms with van der Waals surface area (Å²) in [4.78, 5) is 17.6. The Kier molecular flexibility index (Phi) is 4.76. The van der Waals surface area contributed by atoms with Gasteiger partial charge in [-0.2, -0.15) is 0 Å². The first-order chi connectivity index (χ1) is 9.98. The van der Waals surface area contributed by atoms with Crippen LogP contribution in [0.15, 0.2) is 54.6 Å². The first-order valence-corrected chi connectivity index (χ1v) is 7.04. The summed E-state index contributed by atoms with van der Waals surface area (Å²) < 4.78 is 0. The van der Waals surface area contributed by atoms with Crippen LogP contribution in [0.4, 0.5) is 0 Å². The molecule has 1 N–H and O–H groups in total. The number of rotatable bonds is 4. The summed E-state index contributed by atoms with van der Waals surface area (Å²) in [5.74, 6) is -0.212. The third-order valence-corrected chi connectivity index (χ3v) is 3.23. The molecule has 3 heteroatoms. The average molecular weight is 283 g/mol. The molecule has 0 radical (unpaired) electrons. The first-order valence-electron chi connectivity index (χ1n) is 7.04. The number of carbonyl (C=O) groups is 1. The molecular formula is C18H21NO2. The van der Waals surface area contributed by atoms with Crippen LogP contribution in [0.3, 0.4) is 0 Å². The molecule has 1 amide bonds. The second-order valence-corrected chi connectivity index (χ2v) is 6.00. The summed E-state index contributed by atoms with van der Waals surface area (Å²) in [6.45, 7) is 6.61. The second-order valence-electron chi connectivity index (χ2n) is 6.00. The zero-order valence-corrected chi connectivity index (χ0v) is 12.7. The van der Waals surface area contributed by atoms with Gasteiger partial charge < -0.3 is 0 Å². The van der Waals surface area contributed by atoms with Crippen LogP contribution < -0.4 is 5.48 Å². The van der Waals surface area contributed by atoms with Crippen LogP contribution in [0, 0.1) is 0 Å². The fraction of sp³-hybridized carbons (Fsp3) is 0.278.